The summed E-state index contributed by atoms with van der Waals surface area (Å²) in [7, 11) is -3.69. The summed E-state index contributed by atoms with van der Waals surface area (Å²) in [4.78, 5) is 22.3. The molecule has 1 aromatic carbocycles. The van der Waals surface area contributed by atoms with E-state index < -0.39 is 33.8 Å². The summed E-state index contributed by atoms with van der Waals surface area (Å²) < 4.78 is 37.4. The fourth-order valence-electron chi connectivity index (χ4n) is 1.29. The van der Waals surface area contributed by atoms with Gasteiger partial charge >= 0.3 is 5.97 Å². The zero-order chi connectivity index (χ0) is 15.5. The molecule has 0 aliphatic carbocycles. The van der Waals surface area contributed by atoms with Crippen molar-refractivity contribution < 1.29 is 27.5 Å². The summed E-state index contributed by atoms with van der Waals surface area (Å²) in [6.07, 6.45) is 0.839. The molecule has 0 aliphatic heterocycles. The van der Waals surface area contributed by atoms with Crippen molar-refractivity contribution in [1.29, 1.82) is 0 Å². The Bertz CT molecular complexity index is 644. The summed E-state index contributed by atoms with van der Waals surface area (Å²) in [5.74, 6) is -2.83. The van der Waals surface area contributed by atoms with Crippen molar-refractivity contribution in [2.75, 3.05) is 11.0 Å². The van der Waals surface area contributed by atoms with Crippen molar-refractivity contribution in [2.24, 2.45) is 0 Å². The van der Waals surface area contributed by atoms with E-state index in [-0.39, 0.29) is 11.3 Å². The van der Waals surface area contributed by atoms with Gasteiger partial charge in [-0.15, -0.1) is 0 Å². The first-order valence-electron chi connectivity index (χ1n) is 5.41. The van der Waals surface area contributed by atoms with Gasteiger partial charge in [0.2, 0.25) is 10.0 Å². The average molecular weight is 304 g/mol. The molecule has 0 radical (unpaired) electrons. The lowest BCUT2D eigenvalue weighted by molar-refractivity contribution is -0.138. The number of carboxylic acids is 1. The van der Waals surface area contributed by atoms with Crippen LogP contribution >= 0.6 is 0 Å². The van der Waals surface area contributed by atoms with Gasteiger partial charge in [0.1, 0.15) is 11.9 Å². The number of carbonyl (C=O) groups is 2. The Morgan fingerprint density at radius 1 is 1.35 bits per heavy atom. The van der Waals surface area contributed by atoms with Crippen molar-refractivity contribution in [1.82, 2.24) is 5.32 Å². The third-order valence-electron chi connectivity index (χ3n) is 2.24. The van der Waals surface area contributed by atoms with Gasteiger partial charge in [0.15, 0.2) is 0 Å². The zero-order valence-corrected chi connectivity index (χ0v) is 11.5. The van der Waals surface area contributed by atoms with E-state index in [2.05, 4.69) is 5.32 Å². The number of hydrogen-bond acceptors (Lipinski definition) is 4. The monoisotopic (exact) mass is 304 g/mol. The van der Waals surface area contributed by atoms with Crippen molar-refractivity contribution in [2.45, 2.75) is 13.0 Å². The molecule has 9 heteroatoms. The molecular formula is C11H13FN2O5S. The van der Waals surface area contributed by atoms with Gasteiger partial charge in [-0.2, -0.15) is 0 Å². The van der Waals surface area contributed by atoms with Gasteiger partial charge in [0.25, 0.3) is 5.91 Å². The second kappa shape index (κ2) is 5.87. The molecule has 0 spiro atoms. The maximum Gasteiger partial charge on any atom is 0.325 e. The predicted molar refractivity (Wildman–Crippen MR) is 69.4 cm³/mol. The van der Waals surface area contributed by atoms with Gasteiger partial charge in [-0.05, 0) is 25.1 Å². The molecule has 7 nitrogen and oxygen atoms in total. The van der Waals surface area contributed by atoms with Crippen LogP contribution in [0.1, 0.15) is 17.3 Å². The number of carbonyl (C=O) groups excluding carboxylic acids is 1. The fourth-order valence-corrected chi connectivity index (χ4v) is 1.84. The molecular weight excluding hydrogens is 291 g/mol. The fraction of sp³-hybridized carbons (Fsp3) is 0.273. The van der Waals surface area contributed by atoms with Crippen molar-refractivity contribution in [3.05, 3.63) is 29.6 Å². The zero-order valence-electron chi connectivity index (χ0n) is 10.7. The van der Waals surface area contributed by atoms with Crippen LogP contribution in [-0.2, 0) is 14.8 Å². The van der Waals surface area contributed by atoms with Gasteiger partial charge in [-0.3, -0.25) is 14.3 Å². The molecule has 1 atom stereocenters. The average Bonchev–Trinajstić information content (AvgIpc) is 2.29. The number of hydrogen-bond donors (Lipinski definition) is 3. The van der Waals surface area contributed by atoms with Crippen LogP contribution in [0.5, 0.6) is 0 Å². The Morgan fingerprint density at radius 3 is 2.45 bits per heavy atom. The summed E-state index contributed by atoms with van der Waals surface area (Å²) in [6, 6.07) is 1.89. The van der Waals surface area contributed by atoms with Crippen LogP contribution in [0.3, 0.4) is 0 Å². The SMILES string of the molecule is C[C@H](NC(=O)c1ccc(F)c(NS(C)(=O)=O)c1)C(=O)O. The van der Waals surface area contributed by atoms with Gasteiger partial charge in [-0.25, -0.2) is 12.8 Å². The lowest BCUT2D eigenvalue weighted by Gasteiger charge is -2.11. The van der Waals surface area contributed by atoms with Gasteiger partial charge < -0.3 is 10.4 Å². The summed E-state index contributed by atoms with van der Waals surface area (Å²) in [5.41, 5.74) is -0.450. The van der Waals surface area contributed by atoms with Crippen LogP contribution in [0.4, 0.5) is 10.1 Å². The number of sulfonamides is 1. The van der Waals surface area contributed by atoms with Crippen LogP contribution in [0.25, 0.3) is 0 Å². The molecule has 0 aliphatic rings. The van der Waals surface area contributed by atoms with Crippen molar-refractivity contribution >= 4 is 27.6 Å². The lowest BCUT2D eigenvalue weighted by Crippen LogP contribution is -2.38. The van der Waals surface area contributed by atoms with Crippen LogP contribution in [0, 0.1) is 5.82 Å². The third kappa shape index (κ3) is 4.50. The first-order valence-corrected chi connectivity index (χ1v) is 7.30. The van der Waals surface area contributed by atoms with Crippen molar-refractivity contribution in [3.8, 4) is 0 Å². The molecule has 0 unspecified atom stereocenters. The second-order valence-corrected chi connectivity index (χ2v) is 5.85. The normalized spacial score (nSPS) is 12.6. The van der Waals surface area contributed by atoms with Gasteiger partial charge in [-0.1, -0.05) is 0 Å². The predicted octanol–water partition coefficient (Wildman–Crippen LogP) is 0.400. The largest absolute Gasteiger partial charge is 0.480 e. The van der Waals surface area contributed by atoms with E-state index in [0.29, 0.717) is 0 Å². The molecule has 0 fully saturated rings. The maximum atomic E-state index is 13.4. The van der Waals surface area contributed by atoms with Crippen LogP contribution in [-0.4, -0.2) is 37.7 Å². The number of aliphatic carboxylic acids is 1. The Labute approximate surface area is 114 Å². The van der Waals surface area contributed by atoms with E-state index in [4.69, 9.17) is 5.11 Å². The highest BCUT2D eigenvalue weighted by Crippen LogP contribution is 2.17. The third-order valence-corrected chi connectivity index (χ3v) is 2.83. The van der Waals surface area contributed by atoms with E-state index in [1.807, 2.05) is 4.72 Å². The second-order valence-electron chi connectivity index (χ2n) is 4.10. The van der Waals surface area contributed by atoms with E-state index >= 15 is 0 Å². The number of carboxylic acid groups (broad SMARTS) is 1. The number of nitrogens with one attached hydrogen (secondary N) is 2. The van der Waals surface area contributed by atoms with Crippen LogP contribution < -0.4 is 10.0 Å². The summed E-state index contributed by atoms with van der Waals surface area (Å²) in [6.45, 7) is 1.26. The standard InChI is InChI=1S/C11H13FN2O5S/c1-6(11(16)17)13-10(15)7-3-4-8(12)9(5-7)14-20(2,18)19/h3-6,14H,1-2H3,(H,13,15)(H,16,17)/t6-/m0/s1. The minimum atomic E-state index is -3.69. The number of amides is 1. The number of rotatable bonds is 5. The van der Waals surface area contributed by atoms with Gasteiger partial charge in [0.05, 0.1) is 11.9 Å². The highest BCUT2D eigenvalue weighted by atomic mass is 32.2. The van der Waals surface area contributed by atoms with E-state index in [9.17, 15) is 22.4 Å². The van der Waals surface area contributed by atoms with E-state index in [1.165, 1.54) is 6.92 Å². The molecule has 1 aromatic rings. The first-order chi connectivity index (χ1) is 9.10. The molecule has 0 saturated heterocycles. The lowest BCUT2D eigenvalue weighted by atomic mass is 10.1. The Balaban J connectivity index is 3.00. The molecule has 110 valence electrons. The Morgan fingerprint density at radius 2 is 1.95 bits per heavy atom. The summed E-state index contributed by atoms with van der Waals surface area (Å²) >= 11 is 0. The Hall–Kier alpha value is -2.16. The molecule has 0 saturated carbocycles. The van der Waals surface area contributed by atoms with E-state index in [1.54, 1.807) is 0 Å². The number of anilines is 1. The molecule has 0 aromatic heterocycles. The first kappa shape index (κ1) is 15.9. The minimum Gasteiger partial charge on any atom is -0.480 e. The number of halogens is 1. The molecule has 3 N–H and O–H groups in total. The number of benzene rings is 1. The van der Waals surface area contributed by atoms with Crippen molar-refractivity contribution in [3.63, 3.8) is 0 Å². The highest BCUT2D eigenvalue weighted by Gasteiger charge is 2.17. The highest BCUT2D eigenvalue weighted by molar-refractivity contribution is 7.92. The molecule has 0 bridgehead atoms. The van der Waals surface area contributed by atoms with E-state index in [0.717, 1.165) is 24.5 Å². The minimum absolute atomic E-state index is 0.0642. The molecule has 0 heterocycles. The molecule has 1 rings (SSSR count). The maximum absolute atomic E-state index is 13.4. The topological polar surface area (TPSA) is 113 Å². The summed E-state index contributed by atoms with van der Waals surface area (Å²) in [5, 5.41) is 10.8. The molecule has 20 heavy (non-hydrogen) atoms. The van der Waals surface area contributed by atoms with Crippen LogP contribution in [0.15, 0.2) is 18.2 Å². The Kier molecular flexibility index (Phi) is 4.66. The van der Waals surface area contributed by atoms with Crippen LogP contribution in [0.2, 0.25) is 0 Å². The molecule has 1 amide bonds. The quantitative estimate of drug-likeness (QED) is 0.729. The van der Waals surface area contributed by atoms with Gasteiger partial charge in [0, 0.05) is 5.56 Å². The smallest absolute Gasteiger partial charge is 0.325 e.